The molecule has 0 unspecified atom stereocenters. The highest BCUT2D eigenvalue weighted by Gasteiger charge is 2.36. The molecule has 0 saturated carbocycles. The van der Waals surface area contributed by atoms with Crippen LogP contribution in [0.3, 0.4) is 0 Å². The van der Waals surface area contributed by atoms with Gasteiger partial charge in [0.2, 0.25) is 5.95 Å². The molecule has 0 aliphatic heterocycles. The summed E-state index contributed by atoms with van der Waals surface area (Å²) in [4.78, 5) is 20.3. The highest BCUT2D eigenvalue weighted by Crippen LogP contribution is 2.51. The minimum Gasteiger partial charge on any atom is -0.309 e. The van der Waals surface area contributed by atoms with Gasteiger partial charge in [-0.05, 0) is 117 Å². The average molecular weight is 909 g/mol. The molecule has 0 radical (unpaired) electrons. The van der Waals surface area contributed by atoms with Crippen LogP contribution in [0.15, 0.2) is 231 Å². The Morgan fingerprint density at radius 1 is 0.338 bits per heavy atom. The molecule has 0 fully saturated rings. The SMILES string of the molecule is CC1(C)c2ccccc2-c2cc3c(cc21)c1cc(-c2ccc4c5cc(-c6cccc(-c7ccccn7)c6)ccc5n(-c5nc(-c6ccccc6)nc(-c6ccccc6)n5)c4c2)ccc1n3-c1ccccc1. The Kier molecular flexibility index (Phi) is 9.14. The Bertz CT molecular complexity index is 4170. The summed E-state index contributed by atoms with van der Waals surface area (Å²) >= 11 is 0. The summed E-state index contributed by atoms with van der Waals surface area (Å²) in [6.07, 6.45) is 1.84. The molecule has 4 aromatic heterocycles. The van der Waals surface area contributed by atoms with E-state index in [0.29, 0.717) is 17.6 Å². The summed E-state index contributed by atoms with van der Waals surface area (Å²) in [6, 6.07) is 80.2. The fraction of sp³-hybridized carbons (Fsp3) is 0.0462. The van der Waals surface area contributed by atoms with Crippen molar-refractivity contribution in [3.8, 4) is 79.0 Å². The second-order valence-electron chi connectivity index (χ2n) is 19.1. The van der Waals surface area contributed by atoms with Crippen LogP contribution < -0.4 is 0 Å². The van der Waals surface area contributed by atoms with E-state index in [4.69, 9.17) is 15.0 Å². The Hall–Kier alpha value is -9.26. The lowest BCUT2D eigenvalue weighted by Gasteiger charge is -2.21. The lowest BCUT2D eigenvalue weighted by Crippen LogP contribution is -2.14. The monoisotopic (exact) mass is 908 g/mol. The smallest absolute Gasteiger partial charge is 0.238 e. The maximum Gasteiger partial charge on any atom is 0.238 e. The highest BCUT2D eigenvalue weighted by molar-refractivity contribution is 6.14. The predicted octanol–water partition coefficient (Wildman–Crippen LogP) is 16.1. The molecule has 0 saturated heterocycles. The summed E-state index contributed by atoms with van der Waals surface area (Å²) in [6.45, 7) is 4.72. The zero-order valence-corrected chi connectivity index (χ0v) is 39.1. The molecule has 0 amide bonds. The van der Waals surface area contributed by atoms with Gasteiger partial charge in [0.1, 0.15) is 0 Å². The first kappa shape index (κ1) is 40.8. The van der Waals surface area contributed by atoms with E-state index < -0.39 is 0 Å². The molecule has 14 rings (SSSR count). The summed E-state index contributed by atoms with van der Waals surface area (Å²) in [5.41, 5.74) is 19.1. The number of hydrogen-bond donors (Lipinski definition) is 0. The molecular formula is C65H44N6. The maximum absolute atomic E-state index is 5.29. The topological polar surface area (TPSA) is 61.4 Å². The van der Waals surface area contributed by atoms with Gasteiger partial charge in [-0.3, -0.25) is 9.55 Å². The fourth-order valence-electron chi connectivity index (χ4n) is 11.1. The number of fused-ring (bicyclic) bond motifs is 9. The number of rotatable bonds is 7. The van der Waals surface area contributed by atoms with Gasteiger partial charge < -0.3 is 4.57 Å². The van der Waals surface area contributed by atoms with Crippen LogP contribution in [0.4, 0.5) is 0 Å². The van der Waals surface area contributed by atoms with Crippen LogP contribution in [-0.4, -0.2) is 29.1 Å². The molecule has 1 aliphatic rings. The summed E-state index contributed by atoms with van der Waals surface area (Å²) in [5.74, 6) is 1.78. The zero-order valence-electron chi connectivity index (χ0n) is 39.1. The van der Waals surface area contributed by atoms with Gasteiger partial charge in [0, 0.05) is 55.5 Å². The minimum atomic E-state index is -0.130. The molecule has 1 aliphatic carbocycles. The Labute approximate surface area is 410 Å². The number of pyridine rings is 1. The van der Waals surface area contributed by atoms with Gasteiger partial charge in [0.25, 0.3) is 0 Å². The van der Waals surface area contributed by atoms with E-state index in [-0.39, 0.29) is 5.41 Å². The van der Waals surface area contributed by atoms with Gasteiger partial charge >= 0.3 is 0 Å². The van der Waals surface area contributed by atoms with Crippen LogP contribution in [-0.2, 0) is 5.41 Å². The van der Waals surface area contributed by atoms with Crippen molar-refractivity contribution in [3.63, 3.8) is 0 Å². The van der Waals surface area contributed by atoms with Crippen LogP contribution in [0.25, 0.3) is 123 Å². The largest absolute Gasteiger partial charge is 0.309 e. The number of benzene rings is 9. The van der Waals surface area contributed by atoms with Crippen LogP contribution in [0.2, 0.25) is 0 Å². The zero-order chi connectivity index (χ0) is 47.2. The predicted molar refractivity (Wildman–Crippen MR) is 291 cm³/mol. The molecule has 6 nitrogen and oxygen atoms in total. The van der Waals surface area contributed by atoms with Gasteiger partial charge in [-0.15, -0.1) is 0 Å². The second-order valence-corrected chi connectivity index (χ2v) is 19.1. The highest BCUT2D eigenvalue weighted by atomic mass is 15.2. The molecular weight excluding hydrogens is 865 g/mol. The lowest BCUT2D eigenvalue weighted by molar-refractivity contribution is 0.661. The van der Waals surface area contributed by atoms with Gasteiger partial charge in [0.15, 0.2) is 11.6 Å². The molecule has 0 atom stereocenters. The van der Waals surface area contributed by atoms with Crippen molar-refractivity contribution in [2.45, 2.75) is 19.3 Å². The van der Waals surface area contributed by atoms with Crippen LogP contribution in [0.1, 0.15) is 25.0 Å². The maximum atomic E-state index is 5.29. The van der Waals surface area contributed by atoms with E-state index in [0.717, 1.165) is 72.1 Å². The third kappa shape index (κ3) is 6.56. The quantitative estimate of drug-likeness (QED) is 0.160. The molecule has 4 heterocycles. The second kappa shape index (κ2) is 15.9. The van der Waals surface area contributed by atoms with E-state index in [1.807, 2.05) is 54.7 Å². The number of hydrogen-bond acceptors (Lipinski definition) is 4. The molecule has 0 bridgehead atoms. The molecule has 0 N–H and O–H groups in total. The minimum absolute atomic E-state index is 0.130. The molecule has 6 heteroatoms. The Morgan fingerprint density at radius 2 is 0.887 bits per heavy atom. The number of nitrogens with zero attached hydrogens (tertiary/aromatic N) is 6. The standard InChI is InChI=1S/C65H44N6/c1-65(2)55-26-13-12-25-49(55)51-40-61-54(39-56(51)65)53-37-45(29-32-58(53)70(61)48-23-10-5-11-24-48)46-28-31-50-52-36-44(43-21-16-22-47(35-43)57-27-14-15-34-66-57)30-33-59(52)71(60(50)38-46)64-68-62(41-17-6-3-7-18-41)67-63(69-64)42-19-8-4-9-20-42/h3-40H,1-2H3. The fourth-order valence-corrected chi connectivity index (χ4v) is 11.1. The van der Waals surface area contributed by atoms with Crippen molar-refractivity contribution in [2.75, 3.05) is 0 Å². The van der Waals surface area contributed by atoms with Crippen LogP contribution in [0.5, 0.6) is 0 Å². The number of para-hydroxylation sites is 1. The first-order valence-corrected chi connectivity index (χ1v) is 24.2. The van der Waals surface area contributed by atoms with Gasteiger partial charge in [0.05, 0.1) is 27.8 Å². The third-order valence-corrected chi connectivity index (χ3v) is 14.6. The van der Waals surface area contributed by atoms with Crippen molar-refractivity contribution in [1.29, 1.82) is 0 Å². The summed E-state index contributed by atoms with van der Waals surface area (Å²) in [5, 5.41) is 4.67. The molecule has 334 valence electrons. The molecule has 9 aromatic carbocycles. The van der Waals surface area contributed by atoms with Crippen LogP contribution >= 0.6 is 0 Å². The van der Waals surface area contributed by atoms with E-state index in [9.17, 15) is 0 Å². The van der Waals surface area contributed by atoms with E-state index in [1.54, 1.807) is 0 Å². The summed E-state index contributed by atoms with van der Waals surface area (Å²) < 4.78 is 4.66. The summed E-state index contributed by atoms with van der Waals surface area (Å²) in [7, 11) is 0. The van der Waals surface area contributed by atoms with Crippen LogP contribution in [0, 0.1) is 0 Å². The van der Waals surface area contributed by atoms with Crippen molar-refractivity contribution in [2.24, 2.45) is 0 Å². The Morgan fingerprint density at radius 3 is 1.59 bits per heavy atom. The normalized spacial score (nSPS) is 12.8. The van der Waals surface area contributed by atoms with E-state index in [2.05, 4.69) is 204 Å². The molecule has 71 heavy (non-hydrogen) atoms. The van der Waals surface area contributed by atoms with Crippen molar-refractivity contribution in [1.82, 2.24) is 29.1 Å². The lowest BCUT2D eigenvalue weighted by atomic mass is 9.82. The third-order valence-electron chi connectivity index (χ3n) is 14.6. The first-order chi connectivity index (χ1) is 34.9. The molecule has 13 aromatic rings. The van der Waals surface area contributed by atoms with Gasteiger partial charge in [-0.1, -0.05) is 166 Å². The van der Waals surface area contributed by atoms with Crippen molar-refractivity contribution in [3.05, 3.63) is 242 Å². The molecule has 0 spiro atoms. The van der Waals surface area contributed by atoms with Gasteiger partial charge in [-0.25, -0.2) is 4.98 Å². The van der Waals surface area contributed by atoms with E-state index in [1.165, 1.54) is 44.1 Å². The van der Waals surface area contributed by atoms with Gasteiger partial charge in [-0.2, -0.15) is 9.97 Å². The average Bonchev–Trinajstić information content (AvgIpc) is 4.02. The Balaban J connectivity index is 1.000. The number of aromatic nitrogens is 6. The van der Waals surface area contributed by atoms with Crippen molar-refractivity contribution < 1.29 is 0 Å². The van der Waals surface area contributed by atoms with Crippen molar-refractivity contribution >= 4 is 43.6 Å². The van der Waals surface area contributed by atoms with E-state index >= 15 is 0 Å². The first-order valence-electron chi connectivity index (χ1n) is 24.2.